The van der Waals surface area contributed by atoms with Crippen molar-refractivity contribution in [2.24, 2.45) is 5.92 Å². The molecular weight excluding hydrogens is 238 g/mol. The minimum absolute atomic E-state index is 0.0806. The van der Waals surface area contributed by atoms with Gasteiger partial charge in [0.25, 0.3) is 5.92 Å². The van der Waals surface area contributed by atoms with Crippen LogP contribution in [0.1, 0.15) is 48.0 Å². The minimum atomic E-state index is -2.92. The second-order valence-corrected chi connectivity index (χ2v) is 4.84. The van der Waals surface area contributed by atoms with E-state index in [4.69, 9.17) is 5.11 Å². The van der Waals surface area contributed by atoms with Gasteiger partial charge in [-0.05, 0) is 25.0 Å². The van der Waals surface area contributed by atoms with E-state index >= 15 is 0 Å². The van der Waals surface area contributed by atoms with Crippen molar-refractivity contribution in [1.29, 1.82) is 0 Å². The molecule has 0 amide bonds. The number of alkyl halides is 2. The van der Waals surface area contributed by atoms with Gasteiger partial charge in [0, 0.05) is 11.5 Å². The van der Waals surface area contributed by atoms with Gasteiger partial charge in [-0.15, -0.1) is 0 Å². The molecule has 0 radical (unpaired) electrons. The molecule has 0 aromatic heterocycles. The number of benzene rings is 1. The number of aromatic carboxylic acids is 1. The first-order valence-electron chi connectivity index (χ1n) is 6.23. The van der Waals surface area contributed by atoms with Crippen LogP contribution in [0.4, 0.5) is 8.78 Å². The maximum atomic E-state index is 14.3. The predicted molar refractivity (Wildman–Crippen MR) is 63.9 cm³/mol. The smallest absolute Gasteiger partial charge is 0.335 e. The van der Waals surface area contributed by atoms with Crippen molar-refractivity contribution >= 4 is 5.97 Å². The Labute approximate surface area is 105 Å². The Morgan fingerprint density at radius 3 is 2.50 bits per heavy atom. The van der Waals surface area contributed by atoms with E-state index in [2.05, 4.69) is 0 Å². The van der Waals surface area contributed by atoms with Crippen LogP contribution in [0.5, 0.6) is 0 Å². The third-order valence-electron chi connectivity index (χ3n) is 3.61. The van der Waals surface area contributed by atoms with Gasteiger partial charge in [-0.1, -0.05) is 31.4 Å². The van der Waals surface area contributed by atoms with Gasteiger partial charge in [0.15, 0.2) is 0 Å². The molecule has 1 aliphatic rings. The van der Waals surface area contributed by atoms with Crippen LogP contribution in [0, 0.1) is 5.92 Å². The summed E-state index contributed by atoms with van der Waals surface area (Å²) in [4.78, 5) is 10.8. The van der Waals surface area contributed by atoms with Crippen LogP contribution >= 0.6 is 0 Å². The molecule has 1 aromatic carbocycles. The molecule has 2 rings (SSSR count). The molecule has 2 nitrogen and oxygen atoms in total. The van der Waals surface area contributed by atoms with E-state index in [1.807, 2.05) is 0 Å². The van der Waals surface area contributed by atoms with E-state index in [0.29, 0.717) is 12.8 Å². The number of halogens is 2. The molecule has 0 unspecified atom stereocenters. The van der Waals surface area contributed by atoms with Gasteiger partial charge in [0.2, 0.25) is 0 Å². The van der Waals surface area contributed by atoms with Crippen LogP contribution in [0.15, 0.2) is 24.3 Å². The summed E-state index contributed by atoms with van der Waals surface area (Å²) in [5.41, 5.74) is -0.253. The van der Waals surface area contributed by atoms with E-state index in [-0.39, 0.29) is 11.1 Å². The Morgan fingerprint density at radius 2 is 1.89 bits per heavy atom. The van der Waals surface area contributed by atoms with Gasteiger partial charge < -0.3 is 5.11 Å². The van der Waals surface area contributed by atoms with Crippen LogP contribution < -0.4 is 0 Å². The molecule has 0 aliphatic heterocycles. The zero-order valence-electron chi connectivity index (χ0n) is 10.0. The normalized spacial score (nSPS) is 17.7. The SMILES string of the molecule is O=C(O)c1cccc(C(F)(F)C2CCCCC2)c1. The fraction of sp³-hybridized carbons (Fsp3) is 0.500. The summed E-state index contributed by atoms with van der Waals surface area (Å²) in [6, 6.07) is 5.14. The van der Waals surface area contributed by atoms with Gasteiger partial charge in [-0.25, -0.2) is 13.6 Å². The van der Waals surface area contributed by atoms with Crippen molar-refractivity contribution in [3.63, 3.8) is 0 Å². The molecule has 0 heterocycles. The molecule has 0 spiro atoms. The quantitative estimate of drug-likeness (QED) is 0.883. The first kappa shape index (κ1) is 13.0. The van der Waals surface area contributed by atoms with Crippen molar-refractivity contribution in [1.82, 2.24) is 0 Å². The van der Waals surface area contributed by atoms with Gasteiger partial charge in [-0.3, -0.25) is 0 Å². The monoisotopic (exact) mass is 254 g/mol. The van der Waals surface area contributed by atoms with Gasteiger partial charge in [0.1, 0.15) is 0 Å². The number of hydrogen-bond acceptors (Lipinski definition) is 1. The number of carbonyl (C=O) groups is 1. The summed E-state index contributed by atoms with van der Waals surface area (Å²) in [6.45, 7) is 0. The Balaban J connectivity index is 2.27. The summed E-state index contributed by atoms with van der Waals surface area (Å²) in [7, 11) is 0. The van der Waals surface area contributed by atoms with Gasteiger partial charge >= 0.3 is 5.97 Å². The molecule has 1 N–H and O–H groups in total. The lowest BCUT2D eigenvalue weighted by Crippen LogP contribution is -2.28. The molecular formula is C14H16F2O2. The molecule has 1 fully saturated rings. The summed E-state index contributed by atoms with van der Waals surface area (Å²) >= 11 is 0. The van der Waals surface area contributed by atoms with Crippen molar-refractivity contribution in [3.8, 4) is 0 Å². The molecule has 1 aliphatic carbocycles. The van der Waals surface area contributed by atoms with Crippen LogP contribution in [0.2, 0.25) is 0 Å². The van der Waals surface area contributed by atoms with Gasteiger partial charge in [0.05, 0.1) is 5.56 Å². The average molecular weight is 254 g/mol. The van der Waals surface area contributed by atoms with Crippen LogP contribution in [0.3, 0.4) is 0 Å². The lowest BCUT2D eigenvalue weighted by molar-refractivity contribution is -0.0777. The zero-order valence-corrected chi connectivity index (χ0v) is 10.0. The fourth-order valence-electron chi connectivity index (χ4n) is 2.56. The van der Waals surface area contributed by atoms with Crippen molar-refractivity contribution in [2.45, 2.75) is 38.0 Å². The first-order valence-corrected chi connectivity index (χ1v) is 6.23. The van der Waals surface area contributed by atoms with Crippen LogP contribution in [0.25, 0.3) is 0 Å². The molecule has 1 aromatic rings. The average Bonchev–Trinajstić information content (AvgIpc) is 2.40. The zero-order chi connectivity index (χ0) is 13.2. The lowest BCUT2D eigenvalue weighted by atomic mass is 9.82. The lowest BCUT2D eigenvalue weighted by Gasteiger charge is -2.30. The highest BCUT2D eigenvalue weighted by Gasteiger charge is 2.41. The Morgan fingerprint density at radius 1 is 1.22 bits per heavy atom. The van der Waals surface area contributed by atoms with Crippen molar-refractivity contribution in [3.05, 3.63) is 35.4 Å². The molecule has 4 heteroatoms. The Kier molecular flexibility index (Phi) is 3.64. The minimum Gasteiger partial charge on any atom is -0.478 e. The van der Waals surface area contributed by atoms with E-state index in [9.17, 15) is 13.6 Å². The highest BCUT2D eigenvalue weighted by molar-refractivity contribution is 5.87. The van der Waals surface area contributed by atoms with Crippen molar-refractivity contribution < 1.29 is 18.7 Å². The third kappa shape index (κ3) is 2.52. The highest BCUT2D eigenvalue weighted by atomic mass is 19.3. The summed E-state index contributed by atoms with van der Waals surface area (Å²) < 4.78 is 28.6. The highest BCUT2D eigenvalue weighted by Crippen LogP contribution is 2.43. The topological polar surface area (TPSA) is 37.3 Å². The molecule has 18 heavy (non-hydrogen) atoms. The van der Waals surface area contributed by atoms with Crippen molar-refractivity contribution in [2.75, 3.05) is 0 Å². The Hall–Kier alpha value is -1.45. The molecule has 98 valence electrons. The number of hydrogen-bond donors (Lipinski definition) is 1. The second-order valence-electron chi connectivity index (χ2n) is 4.84. The predicted octanol–water partition coefficient (Wildman–Crippen LogP) is 4.06. The second kappa shape index (κ2) is 5.04. The number of rotatable bonds is 3. The molecule has 0 bridgehead atoms. The van der Waals surface area contributed by atoms with E-state index < -0.39 is 17.8 Å². The van der Waals surface area contributed by atoms with Gasteiger partial charge in [-0.2, -0.15) is 0 Å². The van der Waals surface area contributed by atoms with E-state index in [1.54, 1.807) is 0 Å². The number of carboxylic acid groups (broad SMARTS) is 1. The largest absolute Gasteiger partial charge is 0.478 e. The fourth-order valence-corrected chi connectivity index (χ4v) is 2.56. The number of carboxylic acids is 1. The molecule has 0 saturated heterocycles. The maximum Gasteiger partial charge on any atom is 0.335 e. The molecule has 1 saturated carbocycles. The summed E-state index contributed by atoms with van der Waals surface area (Å²) in [6.07, 6.45) is 3.72. The third-order valence-corrected chi connectivity index (χ3v) is 3.61. The first-order chi connectivity index (χ1) is 8.51. The Bertz CT molecular complexity index is 437. The molecule has 0 atom stereocenters. The van der Waals surface area contributed by atoms with E-state index in [1.165, 1.54) is 18.2 Å². The standard InChI is InChI=1S/C14H16F2O2/c15-14(16,11-6-2-1-3-7-11)12-8-4-5-10(9-12)13(17)18/h4-5,8-9,11H,1-3,6-7H2,(H,17,18). The van der Waals surface area contributed by atoms with Crippen LogP contribution in [-0.2, 0) is 5.92 Å². The van der Waals surface area contributed by atoms with E-state index in [0.717, 1.165) is 25.3 Å². The maximum absolute atomic E-state index is 14.3. The summed E-state index contributed by atoms with van der Waals surface area (Å²) in [5, 5.41) is 8.84. The summed E-state index contributed by atoms with van der Waals surface area (Å²) in [5.74, 6) is -4.75. The van der Waals surface area contributed by atoms with Crippen LogP contribution in [-0.4, -0.2) is 11.1 Å².